The predicted molar refractivity (Wildman–Crippen MR) is 74.3 cm³/mol. The van der Waals surface area contributed by atoms with Gasteiger partial charge in [0.1, 0.15) is 0 Å². The topological polar surface area (TPSA) is 29.9 Å². The third kappa shape index (κ3) is 2.99. The zero-order chi connectivity index (χ0) is 13.0. The first-order valence-electron chi connectivity index (χ1n) is 6.49. The minimum Gasteiger partial charge on any atom is -0.334 e. The molecule has 0 aliphatic carbocycles. The van der Waals surface area contributed by atoms with Gasteiger partial charge in [-0.25, -0.2) is 4.98 Å². The van der Waals surface area contributed by atoms with Crippen LogP contribution in [0.1, 0.15) is 36.7 Å². The average Bonchev–Trinajstić information content (AvgIpc) is 2.84. The largest absolute Gasteiger partial charge is 0.334 e. The fourth-order valence-electron chi connectivity index (χ4n) is 2.01. The number of nitrogens with one attached hydrogen (secondary N) is 1. The molecule has 2 rings (SSSR count). The molecule has 1 heterocycles. The minimum atomic E-state index is 0.353. The van der Waals surface area contributed by atoms with Crippen LogP contribution in [0.5, 0.6) is 0 Å². The molecule has 0 radical (unpaired) electrons. The monoisotopic (exact) mass is 243 g/mol. The lowest BCUT2D eigenvalue weighted by Gasteiger charge is -2.15. The molecule has 0 spiro atoms. The highest BCUT2D eigenvalue weighted by atomic mass is 15.1. The second-order valence-electron chi connectivity index (χ2n) is 4.68. The summed E-state index contributed by atoms with van der Waals surface area (Å²) in [5, 5.41) is 3.53. The van der Waals surface area contributed by atoms with E-state index in [1.54, 1.807) is 0 Å². The standard InChI is InChI=1S/C15H21N3/c1-4-18-11-16-9-15(18)10-17-13(3)14-7-5-12(2)6-8-14/h5-9,11,13,17H,4,10H2,1-3H3/t13-/m1/s1. The zero-order valence-corrected chi connectivity index (χ0v) is 11.4. The van der Waals surface area contributed by atoms with Crippen LogP contribution in [0.25, 0.3) is 0 Å². The third-order valence-electron chi connectivity index (χ3n) is 3.31. The fourth-order valence-corrected chi connectivity index (χ4v) is 2.01. The van der Waals surface area contributed by atoms with E-state index in [1.807, 2.05) is 12.5 Å². The Morgan fingerprint density at radius 3 is 2.67 bits per heavy atom. The van der Waals surface area contributed by atoms with Crippen LogP contribution in [0.15, 0.2) is 36.8 Å². The number of nitrogens with zero attached hydrogens (tertiary/aromatic N) is 2. The van der Waals surface area contributed by atoms with Crippen molar-refractivity contribution in [1.29, 1.82) is 0 Å². The van der Waals surface area contributed by atoms with Crippen LogP contribution in [0.3, 0.4) is 0 Å². The maximum absolute atomic E-state index is 4.18. The van der Waals surface area contributed by atoms with E-state index in [4.69, 9.17) is 0 Å². The minimum absolute atomic E-state index is 0.353. The van der Waals surface area contributed by atoms with Crippen LogP contribution in [0.2, 0.25) is 0 Å². The lowest BCUT2D eigenvalue weighted by atomic mass is 10.1. The maximum Gasteiger partial charge on any atom is 0.0948 e. The molecule has 0 saturated heterocycles. The van der Waals surface area contributed by atoms with E-state index in [2.05, 4.69) is 59.9 Å². The molecule has 3 heteroatoms. The van der Waals surface area contributed by atoms with Crippen molar-refractivity contribution in [3.05, 3.63) is 53.6 Å². The summed E-state index contributed by atoms with van der Waals surface area (Å²) in [6.45, 7) is 8.26. The first-order valence-corrected chi connectivity index (χ1v) is 6.49. The van der Waals surface area contributed by atoms with Gasteiger partial charge in [0.25, 0.3) is 0 Å². The summed E-state index contributed by atoms with van der Waals surface area (Å²) < 4.78 is 2.16. The SMILES string of the molecule is CCn1cncc1CN[C@H](C)c1ccc(C)cc1. The second-order valence-corrected chi connectivity index (χ2v) is 4.68. The van der Waals surface area contributed by atoms with Gasteiger partial charge in [-0.15, -0.1) is 0 Å². The molecule has 0 saturated carbocycles. The zero-order valence-electron chi connectivity index (χ0n) is 11.4. The van der Waals surface area contributed by atoms with Crippen LogP contribution in [0, 0.1) is 6.92 Å². The molecule has 1 N–H and O–H groups in total. The number of hydrogen-bond acceptors (Lipinski definition) is 2. The molecule has 0 bridgehead atoms. The molecule has 3 nitrogen and oxygen atoms in total. The summed E-state index contributed by atoms with van der Waals surface area (Å²) >= 11 is 0. The van der Waals surface area contributed by atoms with E-state index in [0.717, 1.165) is 13.1 Å². The van der Waals surface area contributed by atoms with Gasteiger partial charge in [-0.2, -0.15) is 0 Å². The van der Waals surface area contributed by atoms with E-state index >= 15 is 0 Å². The van der Waals surface area contributed by atoms with Gasteiger partial charge in [0, 0.05) is 25.3 Å². The predicted octanol–water partition coefficient (Wildman–Crippen LogP) is 3.06. The van der Waals surface area contributed by atoms with Crippen molar-refractivity contribution in [3.63, 3.8) is 0 Å². The normalized spacial score (nSPS) is 12.6. The van der Waals surface area contributed by atoms with E-state index in [9.17, 15) is 0 Å². The molecular weight excluding hydrogens is 222 g/mol. The molecule has 0 aliphatic heterocycles. The molecule has 0 fully saturated rings. The number of imidazole rings is 1. The number of benzene rings is 1. The maximum atomic E-state index is 4.18. The average molecular weight is 243 g/mol. The third-order valence-corrected chi connectivity index (χ3v) is 3.31. The van der Waals surface area contributed by atoms with Gasteiger partial charge in [-0.3, -0.25) is 0 Å². The second kappa shape index (κ2) is 5.83. The summed E-state index contributed by atoms with van der Waals surface area (Å²) in [6.07, 6.45) is 3.81. The van der Waals surface area contributed by atoms with Gasteiger partial charge in [0.2, 0.25) is 0 Å². The molecular formula is C15H21N3. The van der Waals surface area contributed by atoms with Crippen molar-refractivity contribution in [2.45, 2.75) is 39.9 Å². The van der Waals surface area contributed by atoms with Crippen LogP contribution in [-0.4, -0.2) is 9.55 Å². The Kier molecular flexibility index (Phi) is 4.15. The fraction of sp³-hybridized carbons (Fsp3) is 0.400. The van der Waals surface area contributed by atoms with Crippen LogP contribution in [-0.2, 0) is 13.1 Å². The first kappa shape index (κ1) is 12.8. The number of aryl methyl sites for hydroxylation is 2. The lowest BCUT2D eigenvalue weighted by Crippen LogP contribution is -2.19. The molecule has 2 aromatic rings. The Morgan fingerprint density at radius 2 is 2.00 bits per heavy atom. The Labute approximate surface area is 109 Å². The smallest absolute Gasteiger partial charge is 0.0948 e. The van der Waals surface area contributed by atoms with Crippen molar-refractivity contribution in [2.75, 3.05) is 0 Å². The highest BCUT2D eigenvalue weighted by molar-refractivity contribution is 5.23. The molecule has 0 unspecified atom stereocenters. The van der Waals surface area contributed by atoms with Crippen molar-refractivity contribution in [1.82, 2.24) is 14.9 Å². The van der Waals surface area contributed by atoms with E-state index in [1.165, 1.54) is 16.8 Å². The van der Waals surface area contributed by atoms with E-state index in [0.29, 0.717) is 6.04 Å². The molecule has 1 atom stereocenters. The Balaban J connectivity index is 1.96. The van der Waals surface area contributed by atoms with Crippen molar-refractivity contribution in [3.8, 4) is 0 Å². The van der Waals surface area contributed by atoms with E-state index < -0.39 is 0 Å². The summed E-state index contributed by atoms with van der Waals surface area (Å²) in [5.41, 5.74) is 3.86. The molecule has 0 aliphatic rings. The van der Waals surface area contributed by atoms with Gasteiger partial charge in [0.05, 0.1) is 12.0 Å². The molecule has 18 heavy (non-hydrogen) atoms. The van der Waals surface area contributed by atoms with Crippen molar-refractivity contribution >= 4 is 0 Å². The van der Waals surface area contributed by atoms with Gasteiger partial charge in [0.15, 0.2) is 0 Å². The number of hydrogen-bond donors (Lipinski definition) is 1. The molecule has 1 aromatic heterocycles. The summed E-state index contributed by atoms with van der Waals surface area (Å²) in [7, 11) is 0. The highest BCUT2D eigenvalue weighted by Crippen LogP contribution is 2.13. The molecule has 1 aromatic carbocycles. The van der Waals surface area contributed by atoms with Gasteiger partial charge in [-0.1, -0.05) is 29.8 Å². The van der Waals surface area contributed by atoms with Gasteiger partial charge >= 0.3 is 0 Å². The quantitative estimate of drug-likeness (QED) is 0.874. The molecule has 96 valence electrons. The summed E-state index contributed by atoms with van der Waals surface area (Å²) in [6, 6.07) is 9.03. The lowest BCUT2D eigenvalue weighted by molar-refractivity contribution is 0.549. The highest BCUT2D eigenvalue weighted by Gasteiger charge is 2.06. The van der Waals surface area contributed by atoms with Crippen LogP contribution < -0.4 is 5.32 Å². The van der Waals surface area contributed by atoms with Gasteiger partial charge < -0.3 is 9.88 Å². The number of aromatic nitrogens is 2. The van der Waals surface area contributed by atoms with Gasteiger partial charge in [-0.05, 0) is 26.3 Å². The Morgan fingerprint density at radius 1 is 1.28 bits per heavy atom. The Hall–Kier alpha value is -1.61. The number of rotatable bonds is 5. The summed E-state index contributed by atoms with van der Waals surface area (Å²) in [4.78, 5) is 4.18. The molecule has 0 amide bonds. The Bertz CT molecular complexity index is 485. The summed E-state index contributed by atoms with van der Waals surface area (Å²) in [5.74, 6) is 0. The van der Waals surface area contributed by atoms with E-state index in [-0.39, 0.29) is 0 Å². The van der Waals surface area contributed by atoms with Crippen molar-refractivity contribution < 1.29 is 0 Å². The van der Waals surface area contributed by atoms with Crippen molar-refractivity contribution in [2.24, 2.45) is 0 Å². The first-order chi connectivity index (χ1) is 8.70. The van der Waals surface area contributed by atoms with Crippen LogP contribution in [0.4, 0.5) is 0 Å². The van der Waals surface area contributed by atoms with Crippen LogP contribution >= 0.6 is 0 Å².